The van der Waals surface area contributed by atoms with E-state index in [0.717, 1.165) is 0 Å². The van der Waals surface area contributed by atoms with Gasteiger partial charge in [0, 0.05) is 18.8 Å². The lowest BCUT2D eigenvalue weighted by Gasteiger charge is -2.21. The van der Waals surface area contributed by atoms with E-state index in [1.807, 2.05) is 0 Å². The molecule has 250 valence electrons. The minimum atomic E-state index is -1.31. The number of carboxylic acids is 1. The van der Waals surface area contributed by atoms with E-state index >= 15 is 0 Å². The summed E-state index contributed by atoms with van der Waals surface area (Å²) in [7, 11) is 0. The van der Waals surface area contributed by atoms with Crippen LogP contribution in [0.15, 0.2) is 9.98 Å². The van der Waals surface area contributed by atoms with Gasteiger partial charge < -0.3 is 65.5 Å². The van der Waals surface area contributed by atoms with E-state index < -0.39 is 78.9 Å². The molecule has 0 aliphatic rings. The topological polar surface area (TPSA) is 358 Å². The molecule has 21 heteroatoms. The van der Waals surface area contributed by atoms with Gasteiger partial charge in [-0.1, -0.05) is 0 Å². The molecule has 20 nitrogen and oxygen atoms in total. The maximum Gasteiger partial charge on any atom is 0.326 e. The molecule has 0 bridgehead atoms. The Balaban J connectivity index is 4.92. The van der Waals surface area contributed by atoms with E-state index in [4.69, 9.17) is 28.7 Å². The number of hydrogen-bond donors (Lipinski definition) is 13. The van der Waals surface area contributed by atoms with Gasteiger partial charge in [0.1, 0.15) is 24.2 Å². The van der Waals surface area contributed by atoms with Gasteiger partial charge in [0.2, 0.25) is 29.5 Å². The molecule has 0 saturated heterocycles. The van der Waals surface area contributed by atoms with Crippen molar-refractivity contribution in [2.45, 2.75) is 62.9 Å². The second-order valence-corrected chi connectivity index (χ2v) is 9.79. The van der Waals surface area contributed by atoms with Crippen LogP contribution in [0, 0.1) is 0 Å². The third kappa shape index (κ3) is 17.6. The number of carbonyl (C=O) groups excluding carboxylic acids is 5. The van der Waals surface area contributed by atoms with Gasteiger partial charge in [-0.3, -0.25) is 34.0 Å². The molecule has 44 heavy (non-hydrogen) atoms. The van der Waals surface area contributed by atoms with Crippen molar-refractivity contribution in [1.82, 2.24) is 26.6 Å². The highest BCUT2D eigenvalue weighted by Crippen LogP contribution is 2.02. The number of aliphatic hydroxyl groups is 1. The third-order valence-electron chi connectivity index (χ3n) is 5.66. The van der Waals surface area contributed by atoms with E-state index in [1.54, 1.807) is 0 Å². The van der Waals surface area contributed by atoms with Crippen LogP contribution in [0.3, 0.4) is 0 Å². The number of carbonyl (C=O) groups is 6. The summed E-state index contributed by atoms with van der Waals surface area (Å²) in [6.07, 6.45) is -0.572. The lowest BCUT2D eigenvalue weighted by Crippen LogP contribution is -2.55. The fourth-order valence-electron chi connectivity index (χ4n) is 3.26. The fraction of sp³-hybridized carbons (Fsp3) is 0.652. The van der Waals surface area contributed by atoms with Crippen molar-refractivity contribution in [2.75, 3.05) is 31.9 Å². The minimum Gasteiger partial charge on any atom is -0.480 e. The maximum atomic E-state index is 12.7. The van der Waals surface area contributed by atoms with E-state index in [9.17, 15) is 39.0 Å². The van der Waals surface area contributed by atoms with Crippen molar-refractivity contribution in [3.05, 3.63) is 0 Å². The van der Waals surface area contributed by atoms with E-state index in [0.29, 0.717) is 0 Å². The number of hydrogen-bond acceptors (Lipinski definition) is 11. The molecule has 0 heterocycles. The zero-order valence-corrected chi connectivity index (χ0v) is 25.2. The van der Waals surface area contributed by atoms with Gasteiger partial charge in [-0.25, -0.2) is 4.79 Å². The van der Waals surface area contributed by atoms with Crippen LogP contribution in [0.1, 0.15) is 32.6 Å². The second-order valence-electron chi connectivity index (χ2n) is 9.42. The Bertz CT molecular complexity index is 1050. The highest BCUT2D eigenvalue weighted by Gasteiger charge is 2.27. The van der Waals surface area contributed by atoms with Crippen LogP contribution in [0.2, 0.25) is 0 Å². The smallest absolute Gasteiger partial charge is 0.326 e. The summed E-state index contributed by atoms with van der Waals surface area (Å²) in [5, 5.41) is 30.5. The number of guanidine groups is 2. The summed E-state index contributed by atoms with van der Waals surface area (Å²) >= 11 is 4.01. The van der Waals surface area contributed by atoms with Crippen LogP contribution in [-0.2, 0) is 28.8 Å². The Hall–Kier alpha value is -4.37. The van der Waals surface area contributed by atoms with Gasteiger partial charge in [-0.15, -0.1) is 0 Å². The van der Waals surface area contributed by atoms with Gasteiger partial charge in [-0.2, -0.15) is 12.6 Å². The molecule has 0 fully saturated rings. The van der Waals surface area contributed by atoms with Gasteiger partial charge >= 0.3 is 5.97 Å². The van der Waals surface area contributed by atoms with Crippen LogP contribution < -0.4 is 55.3 Å². The number of thiol groups is 1. The largest absolute Gasteiger partial charge is 0.480 e. The first kappa shape index (κ1) is 39.6. The molecule has 0 aromatic rings. The molecule has 0 aliphatic heterocycles. The van der Waals surface area contributed by atoms with Gasteiger partial charge in [0.15, 0.2) is 11.9 Å². The molecule has 0 rings (SSSR count). The molecule has 0 unspecified atom stereocenters. The number of carboxylic acid groups (broad SMARTS) is 1. The molecule has 0 radical (unpaired) electrons. The van der Waals surface area contributed by atoms with Crippen LogP contribution in [-0.4, -0.2) is 120 Å². The Morgan fingerprint density at radius 1 is 0.727 bits per heavy atom. The van der Waals surface area contributed by atoms with Crippen LogP contribution >= 0.6 is 12.6 Å². The second kappa shape index (κ2) is 21.3. The number of rotatable bonds is 21. The molecule has 0 saturated carbocycles. The quantitative estimate of drug-likeness (QED) is 0.0238. The number of aliphatic carboxylic acids is 1. The molecule has 5 atom stereocenters. The van der Waals surface area contributed by atoms with E-state index in [1.165, 1.54) is 6.92 Å². The zero-order chi connectivity index (χ0) is 33.8. The third-order valence-corrected chi connectivity index (χ3v) is 6.03. The van der Waals surface area contributed by atoms with Crippen molar-refractivity contribution in [3.8, 4) is 0 Å². The van der Waals surface area contributed by atoms with Crippen LogP contribution in [0.5, 0.6) is 0 Å². The summed E-state index contributed by atoms with van der Waals surface area (Å²) in [6, 6.07) is -4.95. The Morgan fingerprint density at radius 3 is 1.70 bits per heavy atom. The normalized spacial score (nSPS) is 13.9. The first-order valence-corrected chi connectivity index (χ1v) is 14.0. The molecule has 0 spiro atoms. The van der Waals surface area contributed by atoms with Crippen molar-refractivity contribution in [1.29, 1.82) is 0 Å². The first-order valence-electron chi connectivity index (χ1n) is 13.4. The van der Waals surface area contributed by atoms with E-state index in [2.05, 4.69) is 49.2 Å². The molecular weight excluding hydrogens is 604 g/mol. The van der Waals surface area contributed by atoms with Gasteiger partial charge in [-0.05, 0) is 32.6 Å². The Labute approximate surface area is 259 Å². The highest BCUT2D eigenvalue weighted by molar-refractivity contribution is 7.80. The summed E-state index contributed by atoms with van der Waals surface area (Å²) < 4.78 is 0. The van der Waals surface area contributed by atoms with Crippen molar-refractivity contribution >= 4 is 60.1 Å². The standard InChI is InChI=1S/C23H44N12O8S/c1-11(36)17(24)20(41)34-12(4-2-6-29-22(25)26)18(39)32-8-15(37)31-9-16(38)33-14(10-44)19(40)35-13(21(42)43)5-3-7-30-23(27)28/h11-14,17,36,44H,2-10,24H2,1H3,(H,31,37)(H,32,39)(H,33,38)(H,34,41)(H,35,40)(H,42,43)(H4,25,26,29)(H4,27,28,30)/t11-,12+,13+,14-,17+/m1/s1. The highest BCUT2D eigenvalue weighted by atomic mass is 32.1. The summed E-state index contributed by atoms with van der Waals surface area (Å²) in [5.41, 5.74) is 26.6. The monoisotopic (exact) mass is 648 g/mol. The number of nitrogens with one attached hydrogen (secondary N) is 5. The molecule has 17 N–H and O–H groups in total. The molecule has 0 aliphatic carbocycles. The lowest BCUT2D eigenvalue weighted by atomic mass is 10.1. The SMILES string of the molecule is C[C@@H](O)[C@H](N)C(=O)N[C@@H](CCCN=C(N)N)C(=O)NCC(=O)NCC(=O)N[C@H](CS)C(=O)N[C@@H](CCCN=C(N)N)C(=O)O. The van der Waals surface area contributed by atoms with Crippen molar-refractivity contribution in [2.24, 2.45) is 38.7 Å². The first-order chi connectivity index (χ1) is 20.6. The number of aliphatic hydroxyl groups excluding tert-OH is 1. The van der Waals surface area contributed by atoms with Gasteiger partial charge in [0.25, 0.3) is 0 Å². The lowest BCUT2D eigenvalue weighted by molar-refractivity contribution is -0.142. The minimum absolute atomic E-state index is 0.0149. The molecule has 5 amide bonds. The molecule has 0 aromatic heterocycles. The number of amides is 5. The average molecular weight is 649 g/mol. The zero-order valence-electron chi connectivity index (χ0n) is 24.3. The summed E-state index contributed by atoms with van der Waals surface area (Å²) in [6.45, 7) is 0.443. The number of nitrogens with zero attached hydrogens (tertiary/aromatic N) is 2. The van der Waals surface area contributed by atoms with Crippen molar-refractivity contribution < 1.29 is 39.0 Å². The van der Waals surface area contributed by atoms with Crippen LogP contribution in [0.4, 0.5) is 0 Å². The van der Waals surface area contributed by atoms with Gasteiger partial charge in [0.05, 0.1) is 19.2 Å². The Kier molecular flexibility index (Phi) is 19.2. The molecule has 0 aromatic carbocycles. The predicted octanol–water partition coefficient (Wildman–Crippen LogP) is -6.50. The number of nitrogens with two attached hydrogens (primary N) is 5. The fourth-order valence-corrected chi connectivity index (χ4v) is 3.52. The Morgan fingerprint density at radius 2 is 1.23 bits per heavy atom. The summed E-state index contributed by atoms with van der Waals surface area (Å²) in [5.74, 6) is -5.74. The molecular formula is C23H44N12O8S. The number of aliphatic imine (C=N–C) groups is 2. The average Bonchev–Trinajstić information content (AvgIpc) is 2.95. The van der Waals surface area contributed by atoms with E-state index in [-0.39, 0.29) is 56.4 Å². The summed E-state index contributed by atoms with van der Waals surface area (Å²) in [4.78, 5) is 81.0. The predicted molar refractivity (Wildman–Crippen MR) is 163 cm³/mol. The maximum absolute atomic E-state index is 12.7. The van der Waals surface area contributed by atoms with Crippen LogP contribution in [0.25, 0.3) is 0 Å². The van der Waals surface area contributed by atoms with Crippen molar-refractivity contribution in [3.63, 3.8) is 0 Å².